The number of nitrogens with one attached hydrogen (secondary N) is 2. The maximum atomic E-state index is 12.4. The molecule has 0 aliphatic heterocycles. The van der Waals surface area contributed by atoms with Crippen molar-refractivity contribution in [1.29, 1.82) is 0 Å². The lowest BCUT2D eigenvalue weighted by Gasteiger charge is -2.13. The van der Waals surface area contributed by atoms with E-state index in [4.69, 9.17) is 4.74 Å². The van der Waals surface area contributed by atoms with Gasteiger partial charge in [-0.1, -0.05) is 15.9 Å². The van der Waals surface area contributed by atoms with Gasteiger partial charge in [0.25, 0.3) is 0 Å². The van der Waals surface area contributed by atoms with Crippen molar-refractivity contribution in [3.05, 3.63) is 28.2 Å². The van der Waals surface area contributed by atoms with Crippen molar-refractivity contribution in [3.8, 4) is 5.75 Å². The van der Waals surface area contributed by atoms with Crippen molar-refractivity contribution in [1.82, 2.24) is 10.6 Å². The lowest BCUT2D eigenvalue weighted by atomic mass is 10.2. The van der Waals surface area contributed by atoms with Crippen molar-refractivity contribution in [2.24, 2.45) is 4.99 Å². The fourth-order valence-corrected chi connectivity index (χ4v) is 2.07. The van der Waals surface area contributed by atoms with Crippen LogP contribution in [-0.4, -0.2) is 39.4 Å². The molecule has 2 N–H and O–H groups in total. The molecule has 0 radical (unpaired) electrons. The van der Waals surface area contributed by atoms with Crippen LogP contribution >= 0.6 is 39.9 Å². The summed E-state index contributed by atoms with van der Waals surface area (Å²) in [4.78, 5) is 4.36. The van der Waals surface area contributed by atoms with Crippen LogP contribution in [0.1, 0.15) is 12.5 Å². The van der Waals surface area contributed by atoms with E-state index in [2.05, 4.69) is 36.3 Å². The highest BCUT2D eigenvalue weighted by Crippen LogP contribution is 2.25. The molecule has 0 amide bonds. The van der Waals surface area contributed by atoms with Crippen LogP contribution in [0.3, 0.4) is 0 Å². The smallest absolute Gasteiger partial charge is 0.387 e. The van der Waals surface area contributed by atoms with E-state index in [1.807, 2.05) is 6.92 Å². The van der Waals surface area contributed by atoms with E-state index < -0.39 is 6.61 Å². The second-order valence-electron chi connectivity index (χ2n) is 4.25. The summed E-state index contributed by atoms with van der Waals surface area (Å²) in [5.41, 5.74) is 0.568. The van der Waals surface area contributed by atoms with Crippen molar-refractivity contribution < 1.29 is 18.3 Å². The van der Waals surface area contributed by atoms with Gasteiger partial charge in [-0.3, -0.25) is 0 Å². The van der Waals surface area contributed by atoms with E-state index in [9.17, 15) is 8.78 Å². The predicted octanol–water partition coefficient (Wildman–Crippen LogP) is 3.37. The van der Waals surface area contributed by atoms with Crippen LogP contribution in [0.25, 0.3) is 0 Å². The second-order valence-corrected chi connectivity index (χ2v) is 5.16. The molecule has 1 aromatic rings. The Morgan fingerprint density at radius 1 is 1.35 bits per heavy atom. The number of hydrogen-bond donors (Lipinski definition) is 2. The summed E-state index contributed by atoms with van der Waals surface area (Å²) in [5.74, 6) is 0.706. The first-order valence-electron chi connectivity index (χ1n) is 6.81. The minimum absolute atomic E-state index is 0. The molecule has 9 heteroatoms. The van der Waals surface area contributed by atoms with Gasteiger partial charge >= 0.3 is 6.61 Å². The zero-order valence-corrected chi connectivity index (χ0v) is 16.9. The van der Waals surface area contributed by atoms with Gasteiger partial charge in [-0.05, 0) is 25.1 Å². The first kappa shape index (κ1) is 22.3. The summed E-state index contributed by atoms with van der Waals surface area (Å²) in [5, 5.41) is 6.15. The molecule has 0 fully saturated rings. The average Bonchev–Trinajstić information content (AvgIpc) is 2.47. The zero-order valence-electron chi connectivity index (χ0n) is 12.9. The van der Waals surface area contributed by atoms with Crippen molar-refractivity contribution in [2.75, 3.05) is 26.8 Å². The molecule has 0 atom stereocenters. The number of hydrogen-bond acceptors (Lipinski definition) is 3. The number of aliphatic imine (C=N–C) groups is 1. The van der Waals surface area contributed by atoms with Gasteiger partial charge in [0.05, 0.1) is 13.2 Å². The van der Waals surface area contributed by atoms with Gasteiger partial charge in [0.15, 0.2) is 5.96 Å². The Balaban J connectivity index is 0.00000484. The van der Waals surface area contributed by atoms with Crippen LogP contribution in [0, 0.1) is 0 Å². The highest BCUT2D eigenvalue weighted by Gasteiger charge is 2.10. The minimum atomic E-state index is -2.86. The van der Waals surface area contributed by atoms with Crippen LogP contribution in [0.5, 0.6) is 5.75 Å². The van der Waals surface area contributed by atoms with E-state index in [-0.39, 0.29) is 36.3 Å². The summed E-state index contributed by atoms with van der Waals surface area (Å²) in [7, 11) is 1.61. The zero-order chi connectivity index (χ0) is 16.4. The summed E-state index contributed by atoms with van der Waals surface area (Å²) in [6.07, 6.45) is 0. The minimum Gasteiger partial charge on any atom is -0.434 e. The number of ether oxygens (including phenoxy) is 2. The Kier molecular flexibility index (Phi) is 12.3. The molecule has 0 aromatic heterocycles. The Labute approximate surface area is 160 Å². The molecular weight excluding hydrogens is 487 g/mol. The van der Waals surface area contributed by atoms with E-state index in [0.717, 1.165) is 4.47 Å². The molecule has 0 aliphatic rings. The van der Waals surface area contributed by atoms with Gasteiger partial charge in [-0.15, -0.1) is 24.0 Å². The largest absolute Gasteiger partial charge is 0.434 e. The summed E-state index contributed by atoms with van der Waals surface area (Å²) < 4.78 is 35.1. The van der Waals surface area contributed by atoms with Gasteiger partial charge in [0.1, 0.15) is 5.75 Å². The Morgan fingerprint density at radius 3 is 2.70 bits per heavy atom. The second kappa shape index (κ2) is 12.7. The molecule has 23 heavy (non-hydrogen) atoms. The van der Waals surface area contributed by atoms with E-state index in [0.29, 0.717) is 31.2 Å². The monoisotopic (exact) mass is 507 g/mol. The highest BCUT2D eigenvalue weighted by atomic mass is 127. The number of benzene rings is 1. The van der Waals surface area contributed by atoms with Crippen molar-refractivity contribution in [2.45, 2.75) is 20.1 Å². The maximum Gasteiger partial charge on any atom is 0.387 e. The molecule has 0 aliphatic carbocycles. The number of nitrogens with zero attached hydrogens (tertiary/aromatic N) is 1. The molecule has 1 aromatic carbocycles. The van der Waals surface area contributed by atoms with Crippen LogP contribution in [0.4, 0.5) is 8.78 Å². The third kappa shape index (κ3) is 9.26. The molecule has 0 saturated carbocycles. The number of methoxy groups -OCH3 is 1. The Hall–Kier alpha value is -0.680. The SMILES string of the molecule is CCNC(=NCc1cc(Br)ccc1OC(F)F)NCCOC.I. The van der Waals surface area contributed by atoms with Crippen LogP contribution < -0.4 is 15.4 Å². The van der Waals surface area contributed by atoms with Crippen LogP contribution in [-0.2, 0) is 11.3 Å². The average molecular weight is 508 g/mol. The predicted molar refractivity (Wildman–Crippen MR) is 101 cm³/mol. The third-order valence-electron chi connectivity index (χ3n) is 2.59. The molecule has 0 heterocycles. The van der Waals surface area contributed by atoms with Gasteiger partial charge in [0.2, 0.25) is 0 Å². The third-order valence-corrected chi connectivity index (χ3v) is 3.08. The number of alkyl halides is 2. The molecule has 0 bridgehead atoms. The first-order valence-corrected chi connectivity index (χ1v) is 7.60. The van der Waals surface area contributed by atoms with Crippen molar-refractivity contribution >= 4 is 45.9 Å². The quantitative estimate of drug-likeness (QED) is 0.245. The van der Waals surface area contributed by atoms with E-state index >= 15 is 0 Å². The molecule has 5 nitrogen and oxygen atoms in total. The maximum absolute atomic E-state index is 12.4. The Morgan fingerprint density at radius 2 is 2.09 bits per heavy atom. The van der Waals surface area contributed by atoms with Crippen LogP contribution in [0.15, 0.2) is 27.7 Å². The molecule has 0 saturated heterocycles. The highest BCUT2D eigenvalue weighted by molar-refractivity contribution is 14.0. The van der Waals surface area contributed by atoms with Crippen molar-refractivity contribution in [3.63, 3.8) is 0 Å². The van der Waals surface area contributed by atoms with Gasteiger partial charge in [-0.25, -0.2) is 4.99 Å². The molecular formula is C14H21BrF2IN3O2. The van der Waals surface area contributed by atoms with Gasteiger partial charge < -0.3 is 20.1 Å². The molecule has 0 spiro atoms. The lowest BCUT2D eigenvalue weighted by molar-refractivity contribution is -0.0504. The van der Waals surface area contributed by atoms with E-state index in [1.54, 1.807) is 19.2 Å². The summed E-state index contributed by atoms with van der Waals surface area (Å²) in [6.45, 7) is 1.12. The normalized spacial score (nSPS) is 11.1. The first-order chi connectivity index (χ1) is 10.6. The fourth-order valence-electron chi connectivity index (χ4n) is 1.66. The number of guanidine groups is 1. The molecule has 0 unspecified atom stereocenters. The van der Waals surface area contributed by atoms with Gasteiger partial charge in [0, 0.05) is 30.2 Å². The lowest BCUT2D eigenvalue weighted by Crippen LogP contribution is -2.38. The molecule has 132 valence electrons. The summed E-state index contributed by atoms with van der Waals surface area (Å²) in [6, 6.07) is 4.85. The van der Waals surface area contributed by atoms with E-state index in [1.165, 1.54) is 6.07 Å². The standard InChI is InChI=1S/C14H20BrF2N3O2.HI/c1-3-18-14(19-6-7-21-2)20-9-10-8-11(15)4-5-12(10)22-13(16)17;/h4-5,8,13H,3,6-7,9H2,1-2H3,(H2,18,19,20);1H. The number of rotatable bonds is 8. The molecule has 1 rings (SSSR count). The Bertz CT molecular complexity index is 493. The van der Waals surface area contributed by atoms with Gasteiger partial charge in [-0.2, -0.15) is 8.78 Å². The topological polar surface area (TPSA) is 54.9 Å². The van der Waals surface area contributed by atoms with Crippen LogP contribution in [0.2, 0.25) is 0 Å². The fraction of sp³-hybridized carbons (Fsp3) is 0.500. The number of halogens is 4. The summed E-state index contributed by atoms with van der Waals surface area (Å²) >= 11 is 3.31.